The second-order valence-electron chi connectivity index (χ2n) is 9.40. The van der Waals surface area contributed by atoms with E-state index in [1.165, 1.54) is 30.1 Å². The van der Waals surface area contributed by atoms with Gasteiger partial charge in [-0.1, -0.05) is 47.6 Å². The van der Waals surface area contributed by atoms with Crippen molar-refractivity contribution < 1.29 is 32.5 Å². The highest BCUT2D eigenvalue weighted by Crippen LogP contribution is 2.24. The van der Waals surface area contributed by atoms with E-state index in [1.54, 1.807) is 4.90 Å². The first-order valence-electron chi connectivity index (χ1n) is 13.2. The zero-order chi connectivity index (χ0) is 29.2. The number of hydrazine groups is 1. The number of nitrogens with zero attached hydrogens (tertiary/aromatic N) is 4. The Kier molecular flexibility index (Phi) is 10.5. The van der Waals surface area contributed by atoms with Crippen LogP contribution in [-0.2, 0) is 25.8 Å². The summed E-state index contributed by atoms with van der Waals surface area (Å²) in [5.41, 5.74) is 4.10. The fourth-order valence-corrected chi connectivity index (χ4v) is 4.43. The Morgan fingerprint density at radius 1 is 1.17 bits per heavy atom. The molecule has 1 aromatic heterocycles. The number of piperazine rings is 1. The summed E-state index contributed by atoms with van der Waals surface area (Å²) in [5, 5.41) is 9.22. The third-order valence-electron chi connectivity index (χ3n) is 6.62. The van der Waals surface area contributed by atoms with Crippen LogP contribution in [0.5, 0.6) is 0 Å². The van der Waals surface area contributed by atoms with Crippen molar-refractivity contribution in [1.29, 1.82) is 0 Å². The number of anilines is 1. The molecule has 11 nitrogen and oxygen atoms in total. The van der Waals surface area contributed by atoms with E-state index in [-0.39, 0.29) is 43.3 Å². The SMILES string of the molecule is CC(=O)N(NCc1cccc(F)c1F)[C@@H](CCC(=O)N1CCNCC1)CON(C=O)c1cc(-c2ccccc2)no1. The number of amides is 3. The maximum absolute atomic E-state index is 14.3. The molecule has 1 aliphatic heterocycles. The van der Waals surface area contributed by atoms with Gasteiger partial charge in [-0.15, -0.1) is 0 Å². The van der Waals surface area contributed by atoms with Crippen LogP contribution in [0.4, 0.5) is 14.7 Å². The monoisotopic (exact) mass is 570 g/mol. The number of benzene rings is 2. The highest BCUT2D eigenvalue weighted by Gasteiger charge is 2.27. The third-order valence-corrected chi connectivity index (χ3v) is 6.62. The molecule has 0 radical (unpaired) electrons. The van der Waals surface area contributed by atoms with Crippen molar-refractivity contribution in [1.82, 2.24) is 25.8 Å². The largest absolute Gasteiger partial charge is 0.340 e. The lowest BCUT2D eigenvalue weighted by Crippen LogP contribution is -2.52. The third kappa shape index (κ3) is 7.93. The summed E-state index contributed by atoms with van der Waals surface area (Å²) >= 11 is 0. The number of hydrogen-bond acceptors (Lipinski definition) is 8. The van der Waals surface area contributed by atoms with Gasteiger partial charge >= 0.3 is 0 Å². The van der Waals surface area contributed by atoms with Crippen molar-refractivity contribution in [3.05, 3.63) is 71.8 Å². The lowest BCUT2D eigenvalue weighted by molar-refractivity contribution is -0.140. The number of carbonyl (C=O) groups excluding carboxylic acids is 3. The predicted molar refractivity (Wildman–Crippen MR) is 145 cm³/mol. The Bertz CT molecular complexity index is 1320. The molecule has 41 heavy (non-hydrogen) atoms. The first-order chi connectivity index (χ1) is 19.9. The molecule has 2 aromatic carbocycles. The van der Waals surface area contributed by atoms with Crippen LogP contribution in [0, 0.1) is 11.6 Å². The summed E-state index contributed by atoms with van der Waals surface area (Å²) in [6.45, 7) is 3.38. The van der Waals surface area contributed by atoms with E-state index >= 15 is 0 Å². The Balaban J connectivity index is 1.48. The predicted octanol–water partition coefficient (Wildman–Crippen LogP) is 2.65. The minimum atomic E-state index is -1.03. The molecule has 3 amide bonds. The van der Waals surface area contributed by atoms with Crippen molar-refractivity contribution in [3.63, 3.8) is 0 Å². The Morgan fingerprint density at radius 2 is 1.93 bits per heavy atom. The van der Waals surface area contributed by atoms with Gasteiger partial charge in [0, 0.05) is 63.3 Å². The van der Waals surface area contributed by atoms with Gasteiger partial charge in [-0.05, 0) is 12.5 Å². The number of hydroxylamine groups is 1. The highest BCUT2D eigenvalue weighted by atomic mass is 19.2. The lowest BCUT2D eigenvalue weighted by atomic mass is 10.1. The highest BCUT2D eigenvalue weighted by molar-refractivity contribution is 5.77. The van der Waals surface area contributed by atoms with Crippen LogP contribution in [0.3, 0.4) is 0 Å². The molecule has 0 spiro atoms. The summed E-state index contributed by atoms with van der Waals surface area (Å²) in [5.74, 6) is -2.57. The molecule has 218 valence electrons. The zero-order valence-corrected chi connectivity index (χ0v) is 22.6. The number of hydrogen-bond donors (Lipinski definition) is 2. The fraction of sp³-hybridized carbons (Fsp3) is 0.357. The molecule has 4 rings (SSSR count). The molecule has 3 aromatic rings. The summed E-state index contributed by atoms with van der Waals surface area (Å²) in [6, 6.07) is 13.7. The normalized spacial score (nSPS) is 14.0. The zero-order valence-electron chi connectivity index (χ0n) is 22.6. The maximum atomic E-state index is 14.3. The van der Waals surface area contributed by atoms with Gasteiger partial charge < -0.3 is 14.7 Å². The number of nitrogens with one attached hydrogen (secondary N) is 2. The summed E-state index contributed by atoms with van der Waals surface area (Å²) in [7, 11) is 0. The van der Waals surface area contributed by atoms with Crippen LogP contribution in [0.1, 0.15) is 25.3 Å². The molecule has 1 fully saturated rings. The van der Waals surface area contributed by atoms with Gasteiger partial charge in [-0.25, -0.2) is 14.2 Å². The standard InChI is InChI=1S/C28H32F2N6O5/c1-20(38)36(32-17-22-8-5-9-24(29)28(22)30)23(10-11-26(39)34-14-12-31-13-15-34)18-40-35(19-37)27-16-25(33-41-27)21-6-3-2-4-7-21/h2-9,16,19,23,31-32H,10-15,17-18H2,1H3/t23-/m0/s1. The molecule has 1 atom stereocenters. The van der Waals surface area contributed by atoms with Gasteiger partial charge in [0.15, 0.2) is 11.6 Å². The van der Waals surface area contributed by atoms with Crippen LogP contribution in [0.25, 0.3) is 11.3 Å². The second-order valence-corrected chi connectivity index (χ2v) is 9.40. The van der Waals surface area contributed by atoms with Crippen molar-refractivity contribution >= 4 is 24.1 Å². The van der Waals surface area contributed by atoms with Crippen LogP contribution >= 0.6 is 0 Å². The molecule has 13 heteroatoms. The maximum Gasteiger partial charge on any atom is 0.258 e. The van der Waals surface area contributed by atoms with Crippen LogP contribution in [0.15, 0.2) is 59.1 Å². The first-order valence-corrected chi connectivity index (χ1v) is 13.2. The molecule has 1 aliphatic rings. The Morgan fingerprint density at radius 3 is 2.63 bits per heavy atom. The van der Waals surface area contributed by atoms with E-state index < -0.39 is 23.6 Å². The van der Waals surface area contributed by atoms with Crippen LogP contribution < -0.4 is 15.8 Å². The van der Waals surface area contributed by atoms with E-state index in [1.807, 2.05) is 30.3 Å². The van der Waals surface area contributed by atoms with Gasteiger partial charge in [0.1, 0.15) is 5.69 Å². The van der Waals surface area contributed by atoms with Gasteiger partial charge in [-0.2, -0.15) is 5.06 Å². The van der Waals surface area contributed by atoms with E-state index in [0.717, 1.165) is 16.7 Å². The summed E-state index contributed by atoms with van der Waals surface area (Å²) in [4.78, 5) is 44.9. The molecular formula is C28H32F2N6O5. The van der Waals surface area contributed by atoms with Crippen molar-refractivity contribution in [2.75, 3.05) is 37.8 Å². The molecule has 0 saturated carbocycles. The number of aromatic nitrogens is 1. The quantitative estimate of drug-likeness (QED) is 0.238. The van der Waals surface area contributed by atoms with E-state index in [9.17, 15) is 23.2 Å². The average molecular weight is 571 g/mol. The minimum absolute atomic E-state index is 0.0115. The lowest BCUT2D eigenvalue weighted by Gasteiger charge is -2.33. The molecule has 0 bridgehead atoms. The van der Waals surface area contributed by atoms with E-state index in [0.29, 0.717) is 38.3 Å². The van der Waals surface area contributed by atoms with Crippen LogP contribution in [0.2, 0.25) is 0 Å². The molecular weight excluding hydrogens is 538 g/mol. The van der Waals surface area contributed by atoms with Crippen molar-refractivity contribution in [2.24, 2.45) is 0 Å². The molecule has 0 aliphatic carbocycles. The summed E-state index contributed by atoms with van der Waals surface area (Å²) in [6.07, 6.45) is 0.653. The number of halogens is 2. The Hall–Kier alpha value is -4.20. The topological polar surface area (TPSA) is 120 Å². The average Bonchev–Trinajstić information content (AvgIpc) is 3.48. The second kappa shape index (κ2) is 14.4. The number of rotatable bonds is 13. The molecule has 0 unspecified atom stereocenters. The molecule has 1 saturated heterocycles. The van der Waals surface area contributed by atoms with Gasteiger partial charge in [-0.3, -0.25) is 24.2 Å². The van der Waals surface area contributed by atoms with Gasteiger partial charge in [0.25, 0.3) is 5.88 Å². The molecule has 2 heterocycles. The van der Waals surface area contributed by atoms with E-state index in [4.69, 9.17) is 9.36 Å². The molecule has 2 N–H and O–H groups in total. The Labute approximate surface area is 235 Å². The van der Waals surface area contributed by atoms with Gasteiger partial charge in [0.05, 0.1) is 12.6 Å². The minimum Gasteiger partial charge on any atom is -0.340 e. The number of carbonyl (C=O) groups is 3. The van der Waals surface area contributed by atoms with Crippen molar-refractivity contribution in [2.45, 2.75) is 32.4 Å². The van der Waals surface area contributed by atoms with E-state index in [2.05, 4.69) is 15.9 Å². The van der Waals surface area contributed by atoms with Crippen LogP contribution in [-0.4, -0.2) is 72.1 Å². The fourth-order valence-electron chi connectivity index (χ4n) is 4.43. The van der Waals surface area contributed by atoms with Gasteiger partial charge in [0.2, 0.25) is 18.2 Å². The first kappa shape index (κ1) is 29.8. The smallest absolute Gasteiger partial charge is 0.258 e. The van der Waals surface area contributed by atoms with Crippen molar-refractivity contribution in [3.8, 4) is 11.3 Å². The summed E-state index contributed by atoms with van der Waals surface area (Å²) < 4.78 is 33.3.